The lowest BCUT2D eigenvalue weighted by atomic mass is 9.81. The zero-order chi connectivity index (χ0) is 10.8. The molecule has 0 bridgehead atoms. The van der Waals surface area contributed by atoms with Crippen molar-refractivity contribution in [2.45, 2.75) is 19.4 Å². The Morgan fingerprint density at radius 2 is 1.86 bits per heavy atom. The van der Waals surface area contributed by atoms with E-state index in [0.29, 0.717) is 5.56 Å². The van der Waals surface area contributed by atoms with Crippen LogP contribution in [0.15, 0.2) is 30.3 Å². The van der Waals surface area contributed by atoms with Gasteiger partial charge in [-0.3, -0.25) is 0 Å². The van der Waals surface area contributed by atoms with E-state index in [2.05, 4.69) is 5.73 Å². The van der Waals surface area contributed by atoms with Crippen molar-refractivity contribution < 1.29 is 15.6 Å². The Kier molecular flexibility index (Phi) is 2.91. The Labute approximate surface area is 83.6 Å². The highest BCUT2D eigenvalue weighted by atomic mass is 16.4. The zero-order valence-corrected chi connectivity index (χ0v) is 8.49. The summed E-state index contributed by atoms with van der Waals surface area (Å²) in [5.41, 5.74) is 3.32. The predicted octanol–water partition coefficient (Wildman–Crippen LogP) is -0.470. The average Bonchev–Trinajstić information content (AvgIpc) is 2.17. The molecule has 3 nitrogen and oxygen atoms in total. The maximum Gasteiger partial charge on any atom is 0.162 e. The fraction of sp³-hybridized carbons (Fsp3) is 0.364. The molecule has 0 saturated heterocycles. The summed E-state index contributed by atoms with van der Waals surface area (Å²) in [5, 5.41) is 11.1. The lowest BCUT2D eigenvalue weighted by molar-refractivity contribution is -0.506. The summed E-state index contributed by atoms with van der Waals surface area (Å²) in [6.07, 6.45) is 0. The molecule has 0 fully saturated rings. The number of aliphatic carboxylic acids is 1. The van der Waals surface area contributed by atoms with Gasteiger partial charge in [0.15, 0.2) is 5.54 Å². The Hall–Kier alpha value is -1.35. The van der Waals surface area contributed by atoms with Gasteiger partial charge in [-0.25, -0.2) is 0 Å². The standard InChI is InChI=1S/C11H15NO2/c1-8(2)11(12,10(13)14)9-6-4-3-5-7-9/h3-8H,12H2,1-2H3,(H,13,14)/t11-/m1/s1. The summed E-state index contributed by atoms with van der Waals surface area (Å²) in [7, 11) is 0. The van der Waals surface area contributed by atoms with Crippen molar-refractivity contribution in [2.75, 3.05) is 0 Å². The third-order valence-corrected chi connectivity index (χ3v) is 2.64. The van der Waals surface area contributed by atoms with Crippen LogP contribution in [-0.4, -0.2) is 5.97 Å². The molecule has 0 heterocycles. The third kappa shape index (κ3) is 1.63. The highest BCUT2D eigenvalue weighted by molar-refractivity contribution is 5.77. The fourth-order valence-electron chi connectivity index (χ4n) is 1.42. The van der Waals surface area contributed by atoms with Crippen molar-refractivity contribution >= 4 is 5.97 Å². The minimum atomic E-state index is -1.15. The first kappa shape index (κ1) is 10.7. The van der Waals surface area contributed by atoms with E-state index >= 15 is 0 Å². The summed E-state index contributed by atoms with van der Waals surface area (Å²) in [4.78, 5) is 11.1. The van der Waals surface area contributed by atoms with Gasteiger partial charge in [0.2, 0.25) is 0 Å². The molecule has 0 spiro atoms. The number of carbonyl (C=O) groups excluding carboxylic acids is 1. The van der Waals surface area contributed by atoms with Crippen LogP contribution in [0.4, 0.5) is 0 Å². The van der Waals surface area contributed by atoms with E-state index in [9.17, 15) is 9.90 Å². The van der Waals surface area contributed by atoms with Crippen molar-refractivity contribution in [3.63, 3.8) is 0 Å². The van der Waals surface area contributed by atoms with Gasteiger partial charge in [-0.15, -0.1) is 0 Å². The lowest BCUT2D eigenvalue weighted by Gasteiger charge is -2.31. The maximum absolute atomic E-state index is 11.1. The fourth-order valence-corrected chi connectivity index (χ4v) is 1.42. The molecular weight excluding hydrogens is 178 g/mol. The van der Waals surface area contributed by atoms with Gasteiger partial charge in [0.1, 0.15) is 5.97 Å². The Morgan fingerprint density at radius 3 is 2.21 bits per heavy atom. The summed E-state index contributed by atoms with van der Waals surface area (Å²) in [6, 6.07) is 8.99. The number of hydrogen-bond donors (Lipinski definition) is 1. The van der Waals surface area contributed by atoms with Crippen LogP contribution in [0.2, 0.25) is 0 Å². The van der Waals surface area contributed by atoms with Crippen LogP contribution < -0.4 is 10.8 Å². The molecule has 0 aliphatic heterocycles. The van der Waals surface area contributed by atoms with Crippen molar-refractivity contribution in [3.05, 3.63) is 35.9 Å². The highest BCUT2D eigenvalue weighted by Crippen LogP contribution is 2.23. The second kappa shape index (κ2) is 3.80. The first-order valence-corrected chi connectivity index (χ1v) is 4.62. The first-order valence-electron chi connectivity index (χ1n) is 4.62. The number of carbonyl (C=O) groups is 1. The number of benzene rings is 1. The molecular formula is C11H15NO2. The largest absolute Gasteiger partial charge is 0.543 e. The van der Waals surface area contributed by atoms with Gasteiger partial charge >= 0.3 is 0 Å². The van der Waals surface area contributed by atoms with E-state index in [0.717, 1.165) is 0 Å². The van der Waals surface area contributed by atoms with Crippen LogP contribution in [0.5, 0.6) is 0 Å². The van der Waals surface area contributed by atoms with Crippen molar-refractivity contribution in [1.29, 1.82) is 0 Å². The number of quaternary nitrogens is 1. The normalized spacial score (nSPS) is 15.1. The van der Waals surface area contributed by atoms with E-state index in [1.54, 1.807) is 24.3 Å². The van der Waals surface area contributed by atoms with Gasteiger partial charge in [0.05, 0.1) is 0 Å². The van der Waals surface area contributed by atoms with Crippen molar-refractivity contribution in [1.82, 2.24) is 0 Å². The minimum absolute atomic E-state index is 0.102. The Morgan fingerprint density at radius 1 is 1.36 bits per heavy atom. The molecule has 0 aromatic heterocycles. The molecule has 0 aliphatic rings. The van der Waals surface area contributed by atoms with Gasteiger partial charge in [-0.1, -0.05) is 44.2 Å². The quantitative estimate of drug-likeness (QED) is 0.705. The molecule has 0 saturated carbocycles. The molecule has 1 aromatic carbocycles. The topological polar surface area (TPSA) is 67.8 Å². The number of hydrogen-bond acceptors (Lipinski definition) is 2. The van der Waals surface area contributed by atoms with E-state index in [4.69, 9.17) is 0 Å². The Balaban J connectivity index is 3.20. The molecule has 14 heavy (non-hydrogen) atoms. The lowest BCUT2D eigenvalue weighted by Crippen LogP contribution is -2.79. The average molecular weight is 193 g/mol. The molecule has 1 atom stereocenters. The monoisotopic (exact) mass is 193 g/mol. The van der Waals surface area contributed by atoms with Crippen LogP contribution in [-0.2, 0) is 10.3 Å². The third-order valence-electron chi connectivity index (χ3n) is 2.64. The Bertz CT molecular complexity index is 321. The summed E-state index contributed by atoms with van der Waals surface area (Å²) >= 11 is 0. The molecule has 3 heteroatoms. The second-order valence-electron chi connectivity index (χ2n) is 3.78. The van der Waals surface area contributed by atoms with Crippen LogP contribution in [0.3, 0.4) is 0 Å². The van der Waals surface area contributed by atoms with Crippen molar-refractivity contribution in [3.8, 4) is 0 Å². The van der Waals surface area contributed by atoms with Gasteiger partial charge in [-0.2, -0.15) is 0 Å². The van der Waals surface area contributed by atoms with E-state index in [-0.39, 0.29) is 5.92 Å². The highest BCUT2D eigenvalue weighted by Gasteiger charge is 2.37. The van der Waals surface area contributed by atoms with Gasteiger partial charge in [-0.05, 0) is 0 Å². The van der Waals surface area contributed by atoms with Crippen LogP contribution in [0.1, 0.15) is 19.4 Å². The summed E-state index contributed by atoms with van der Waals surface area (Å²) < 4.78 is 0. The van der Waals surface area contributed by atoms with Crippen molar-refractivity contribution in [2.24, 2.45) is 5.92 Å². The summed E-state index contributed by atoms with van der Waals surface area (Å²) in [5.74, 6) is -1.23. The smallest absolute Gasteiger partial charge is 0.162 e. The van der Waals surface area contributed by atoms with E-state index < -0.39 is 11.5 Å². The predicted molar refractivity (Wildman–Crippen MR) is 50.9 cm³/mol. The molecule has 1 aromatic rings. The zero-order valence-electron chi connectivity index (χ0n) is 8.49. The molecule has 3 N–H and O–H groups in total. The molecule has 0 unspecified atom stereocenters. The minimum Gasteiger partial charge on any atom is -0.543 e. The number of carboxylic acids is 1. The number of rotatable bonds is 3. The molecule has 1 rings (SSSR count). The molecule has 0 amide bonds. The number of carboxylic acid groups (broad SMARTS) is 1. The molecule has 0 aliphatic carbocycles. The van der Waals surface area contributed by atoms with E-state index in [1.807, 2.05) is 19.9 Å². The van der Waals surface area contributed by atoms with Gasteiger partial charge < -0.3 is 15.6 Å². The van der Waals surface area contributed by atoms with Crippen LogP contribution in [0.25, 0.3) is 0 Å². The molecule has 0 radical (unpaired) electrons. The second-order valence-corrected chi connectivity index (χ2v) is 3.78. The first-order chi connectivity index (χ1) is 6.49. The maximum atomic E-state index is 11.1. The van der Waals surface area contributed by atoms with Crippen LogP contribution in [0, 0.1) is 5.92 Å². The SMILES string of the molecule is CC(C)[C@]([NH3+])(C(=O)[O-])c1ccccc1. The molecule has 76 valence electrons. The van der Waals surface area contributed by atoms with Gasteiger partial charge in [0, 0.05) is 11.5 Å². The van der Waals surface area contributed by atoms with Gasteiger partial charge in [0.25, 0.3) is 0 Å². The van der Waals surface area contributed by atoms with E-state index in [1.165, 1.54) is 0 Å². The van der Waals surface area contributed by atoms with Crippen LogP contribution >= 0.6 is 0 Å². The summed E-state index contributed by atoms with van der Waals surface area (Å²) in [6.45, 7) is 3.66.